The van der Waals surface area contributed by atoms with Crippen molar-refractivity contribution >= 4 is 34.5 Å². The molecule has 1 aromatic heterocycles. The van der Waals surface area contributed by atoms with Crippen molar-refractivity contribution in [3.05, 3.63) is 55.7 Å². The Morgan fingerprint density at radius 1 is 1.12 bits per heavy atom. The standard InChI is InChI=1S/C13H13Cl2NS/c1-9-2-3-10(6-12(9)14)7-16-8-11-4-5-13(15)17-11/h2-6,16H,7-8H2,1H3. The second kappa shape index (κ2) is 5.87. The summed E-state index contributed by atoms with van der Waals surface area (Å²) >= 11 is 13.5. The molecule has 90 valence electrons. The fraction of sp³-hybridized carbons (Fsp3) is 0.231. The molecule has 0 atom stereocenters. The van der Waals surface area contributed by atoms with E-state index in [1.165, 1.54) is 10.4 Å². The second-order valence-electron chi connectivity index (χ2n) is 3.89. The minimum atomic E-state index is 0.815. The van der Waals surface area contributed by atoms with E-state index in [-0.39, 0.29) is 0 Å². The molecule has 0 amide bonds. The Bertz CT molecular complexity index is 508. The number of aryl methyl sites for hydroxylation is 1. The highest BCUT2D eigenvalue weighted by Gasteiger charge is 2.00. The number of thiophene rings is 1. The lowest BCUT2D eigenvalue weighted by Gasteiger charge is -2.05. The van der Waals surface area contributed by atoms with Crippen molar-refractivity contribution in [1.29, 1.82) is 0 Å². The molecule has 1 nitrogen and oxygen atoms in total. The van der Waals surface area contributed by atoms with E-state index in [2.05, 4.69) is 11.4 Å². The van der Waals surface area contributed by atoms with E-state index in [4.69, 9.17) is 23.2 Å². The van der Waals surface area contributed by atoms with Gasteiger partial charge in [-0.15, -0.1) is 11.3 Å². The van der Waals surface area contributed by atoms with Gasteiger partial charge in [-0.1, -0.05) is 35.3 Å². The van der Waals surface area contributed by atoms with Crippen LogP contribution in [0.2, 0.25) is 9.36 Å². The number of halogens is 2. The summed E-state index contributed by atoms with van der Waals surface area (Å²) in [6.07, 6.45) is 0. The third kappa shape index (κ3) is 3.71. The maximum atomic E-state index is 6.07. The van der Waals surface area contributed by atoms with E-state index in [0.717, 1.165) is 28.0 Å². The largest absolute Gasteiger partial charge is 0.308 e. The molecule has 0 saturated carbocycles. The molecule has 0 aliphatic carbocycles. The predicted octanol–water partition coefficient (Wildman–Crippen LogP) is 4.65. The van der Waals surface area contributed by atoms with Crippen molar-refractivity contribution < 1.29 is 0 Å². The normalized spacial score (nSPS) is 10.8. The van der Waals surface area contributed by atoms with Crippen LogP contribution in [0.15, 0.2) is 30.3 Å². The zero-order valence-electron chi connectivity index (χ0n) is 9.47. The Labute approximate surface area is 115 Å². The molecule has 2 aromatic rings. The number of hydrogen-bond acceptors (Lipinski definition) is 2. The average molecular weight is 286 g/mol. The third-order valence-corrected chi connectivity index (χ3v) is 4.13. The van der Waals surface area contributed by atoms with E-state index in [1.54, 1.807) is 11.3 Å². The molecule has 0 radical (unpaired) electrons. The molecule has 0 aliphatic rings. The summed E-state index contributed by atoms with van der Waals surface area (Å²) in [4.78, 5) is 1.24. The monoisotopic (exact) mass is 285 g/mol. The highest BCUT2D eigenvalue weighted by molar-refractivity contribution is 7.16. The average Bonchev–Trinajstić information content (AvgIpc) is 2.70. The van der Waals surface area contributed by atoms with Crippen LogP contribution in [-0.2, 0) is 13.1 Å². The van der Waals surface area contributed by atoms with Gasteiger partial charge in [-0.25, -0.2) is 0 Å². The van der Waals surface area contributed by atoms with Crippen LogP contribution in [0.5, 0.6) is 0 Å². The van der Waals surface area contributed by atoms with Gasteiger partial charge in [0, 0.05) is 23.0 Å². The quantitative estimate of drug-likeness (QED) is 0.862. The maximum Gasteiger partial charge on any atom is 0.0931 e. The summed E-state index contributed by atoms with van der Waals surface area (Å²) in [5, 5.41) is 4.19. The Morgan fingerprint density at radius 2 is 1.94 bits per heavy atom. The predicted molar refractivity (Wildman–Crippen MR) is 76.1 cm³/mol. The van der Waals surface area contributed by atoms with Gasteiger partial charge >= 0.3 is 0 Å². The van der Waals surface area contributed by atoms with Gasteiger partial charge in [0.2, 0.25) is 0 Å². The lowest BCUT2D eigenvalue weighted by atomic mass is 10.1. The van der Waals surface area contributed by atoms with Crippen molar-refractivity contribution in [2.45, 2.75) is 20.0 Å². The zero-order chi connectivity index (χ0) is 12.3. The number of benzene rings is 1. The first kappa shape index (κ1) is 12.9. The Balaban J connectivity index is 1.87. The van der Waals surface area contributed by atoms with Crippen LogP contribution in [0.4, 0.5) is 0 Å². The van der Waals surface area contributed by atoms with E-state index in [0.29, 0.717) is 0 Å². The molecule has 0 bridgehead atoms. The number of rotatable bonds is 4. The van der Waals surface area contributed by atoms with Crippen molar-refractivity contribution in [3.63, 3.8) is 0 Å². The van der Waals surface area contributed by atoms with Gasteiger partial charge in [-0.05, 0) is 36.2 Å². The molecule has 1 aromatic carbocycles. The molecule has 1 N–H and O–H groups in total. The molecular weight excluding hydrogens is 273 g/mol. The summed E-state index contributed by atoms with van der Waals surface area (Å²) in [6.45, 7) is 3.66. The molecule has 0 fully saturated rings. The van der Waals surface area contributed by atoms with Crippen molar-refractivity contribution in [3.8, 4) is 0 Å². The van der Waals surface area contributed by atoms with Crippen molar-refractivity contribution in [2.75, 3.05) is 0 Å². The van der Waals surface area contributed by atoms with Crippen LogP contribution < -0.4 is 5.32 Å². The first-order valence-electron chi connectivity index (χ1n) is 5.35. The second-order valence-corrected chi connectivity index (χ2v) is 6.10. The van der Waals surface area contributed by atoms with Gasteiger partial charge in [0.15, 0.2) is 0 Å². The molecule has 1 heterocycles. The van der Waals surface area contributed by atoms with E-state index in [1.807, 2.05) is 31.2 Å². The topological polar surface area (TPSA) is 12.0 Å². The molecule has 0 saturated heterocycles. The summed E-state index contributed by atoms with van der Waals surface area (Å²) in [6, 6.07) is 10.1. The van der Waals surface area contributed by atoms with Gasteiger partial charge in [-0.2, -0.15) is 0 Å². The van der Waals surface area contributed by atoms with Crippen molar-refractivity contribution in [2.24, 2.45) is 0 Å². The highest BCUT2D eigenvalue weighted by Crippen LogP contribution is 2.21. The van der Waals surface area contributed by atoms with Crippen LogP contribution in [-0.4, -0.2) is 0 Å². The molecule has 17 heavy (non-hydrogen) atoms. The first-order valence-corrected chi connectivity index (χ1v) is 6.92. The third-order valence-electron chi connectivity index (χ3n) is 2.49. The Morgan fingerprint density at radius 3 is 2.59 bits per heavy atom. The lowest BCUT2D eigenvalue weighted by molar-refractivity contribution is 0.701. The van der Waals surface area contributed by atoms with E-state index in [9.17, 15) is 0 Å². The Hall–Kier alpha value is -0.540. The molecule has 4 heteroatoms. The van der Waals surface area contributed by atoms with E-state index < -0.39 is 0 Å². The van der Waals surface area contributed by atoms with Crippen LogP contribution in [0, 0.1) is 6.92 Å². The van der Waals surface area contributed by atoms with Crippen LogP contribution in [0.1, 0.15) is 16.0 Å². The minimum Gasteiger partial charge on any atom is -0.308 e. The first-order chi connectivity index (χ1) is 8.15. The fourth-order valence-electron chi connectivity index (χ4n) is 1.52. The highest BCUT2D eigenvalue weighted by atomic mass is 35.5. The minimum absolute atomic E-state index is 0.815. The molecule has 0 unspecified atom stereocenters. The summed E-state index contributed by atoms with van der Waals surface area (Å²) < 4.78 is 0.834. The molecule has 0 aliphatic heterocycles. The van der Waals surface area contributed by atoms with Gasteiger partial charge in [0.05, 0.1) is 4.34 Å². The molecular formula is C13H13Cl2NS. The number of hydrogen-bond donors (Lipinski definition) is 1. The van der Waals surface area contributed by atoms with Gasteiger partial charge in [0.25, 0.3) is 0 Å². The summed E-state index contributed by atoms with van der Waals surface area (Å²) in [7, 11) is 0. The lowest BCUT2D eigenvalue weighted by Crippen LogP contribution is -2.11. The van der Waals surface area contributed by atoms with Crippen LogP contribution >= 0.6 is 34.5 Å². The van der Waals surface area contributed by atoms with Gasteiger partial charge in [0.1, 0.15) is 0 Å². The van der Waals surface area contributed by atoms with Gasteiger partial charge in [-0.3, -0.25) is 0 Å². The zero-order valence-corrected chi connectivity index (χ0v) is 11.8. The SMILES string of the molecule is Cc1ccc(CNCc2ccc(Cl)s2)cc1Cl. The smallest absolute Gasteiger partial charge is 0.0931 e. The van der Waals surface area contributed by atoms with E-state index >= 15 is 0 Å². The maximum absolute atomic E-state index is 6.07. The van der Waals surface area contributed by atoms with Gasteiger partial charge < -0.3 is 5.32 Å². The fourth-order valence-corrected chi connectivity index (χ4v) is 2.78. The summed E-state index contributed by atoms with van der Waals surface area (Å²) in [5.41, 5.74) is 2.31. The molecule has 2 rings (SSSR count). The Kier molecular flexibility index (Phi) is 4.46. The van der Waals surface area contributed by atoms with Crippen LogP contribution in [0.3, 0.4) is 0 Å². The summed E-state index contributed by atoms with van der Waals surface area (Å²) in [5.74, 6) is 0. The van der Waals surface area contributed by atoms with Crippen LogP contribution in [0.25, 0.3) is 0 Å². The van der Waals surface area contributed by atoms with Crippen molar-refractivity contribution in [1.82, 2.24) is 5.32 Å². The molecule has 0 spiro atoms. The number of nitrogens with one attached hydrogen (secondary N) is 1.